The average molecular weight is 361 g/mol. The number of carbonyl (C=O) groups excluding carboxylic acids is 1. The van der Waals surface area contributed by atoms with Crippen molar-refractivity contribution in [3.63, 3.8) is 0 Å². The smallest absolute Gasteiger partial charge is 0.261 e. The van der Waals surface area contributed by atoms with Crippen molar-refractivity contribution in [2.75, 3.05) is 5.32 Å². The predicted octanol–water partition coefficient (Wildman–Crippen LogP) is 4.23. The quantitative estimate of drug-likeness (QED) is 0.734. The van der Waals surface area contributed by atoms with Crippen LogP contribution in [0.5, 0.6) is 0 Å². The molecule has 3 aromatic rings. The third-order valence-electron chi connectivity index (χ3n) is 3.49. The van der Waals surface area contributed by atoms with Crippen molar-refractivity contribution in [3.8, 4) is 11.3 Å². The minimum Gasteiger partial charge on any atom is -0.322 e. The number of amides is 1. The highest BCUT2D eigenvalue weighted by Gasteiger charge is 2.13. The number of benzene rings is 2. The van der Waals surface area contributed by atoms with Crippen LogP contribution in [-0.4, -0.2) is 10.9 Å². The van der Waals surface area contributed by atoms with Gasteiger partial charge in [-0.1, -0.05) is 11.6 Å². The predicted molar refractivity (Wildman–Crippen MR) is 91.8 cm³/mol. The van der Waals surface area contributed by atoms with Gasteiger partial charge in [-0.05, 0) is 60.2 Å². The van der Waals surface area contributed by atoms with E-state index < -0.39 is 17.3 Å². The molecule has 1 aromatic heterocycles. The summed E-state index contributed by atoms with van der Waals surface area (Å²) in [7, 11) is 0. The summed E-state index contributed by atoms with van der Waals surface area (Å²) >= 11 is 5.65. The first-order valence-electron chi connectivity index (χ1n) is 7.20. The Balaban J connectivity index is 1.85. The summed E-state index contributed by atoms with van der Waals surface area (Å²) in [6.07, 6.45) is 0. The van der Waals surface area contributed by atoms with Crippen molar-refractivity contribution < 1.29 is 13.6 Å². The number of hydrogen-bond donors (Lipinski definition) is 2. The van der Waals surface area contributed by atoms with Crippen LogP contribution in [0.25, 0.3) is 11.3 Å². The van der Waals surface area contributed by atoms with Crippen LogP contribution in [0.1, 0.15) is 10.4 Å². The van der Waals surface area contributed by atoms with E-state index in [1.54, 1.807) is 6.07 Å². The van der Waals surface area contributed by atoms with E-state index >= 15 is 0 Å². The van der Waals surface area contributed by atoms with Crippen LogP contribution in [0.15, 0.2) is 59.4 Å². The largest absolute Gasteiger partial charge is 0.322 e. The summed E-state index contributed by atoms with van der Waals surface area (Å²) in [6.45, 7) is 0. The van der Waals surface area contributed by atoms with Gasteiger partial charge in [0, 0.05) is 11.4 Å². The first-order chi connectivity index (χ1) is 11.9. The number of halogens is 3. The third kappa shape index (κ3) is 3.75. The molecule has 1 heterocycles. The maximum atomic E-state index is 13.1. The standard InChI is InChI=1S/C18H11ClF2N2O2/c19-14-9-12(5-7-15(14)21)22-17(24)13-6-8-16(23-18(13)25)10-1-3-11(20)4-2-10/h1-9H,(H,22,24)(H,23,25). The monoisotopic (exact) mass is 360 g/mol. The van der Waals surface area contributed by atoms with Crippen LogP contribution in [0.4, 0.5) is 14.5 Å². The highest BCUT2D eigenvalue weighted by Crippen LogP contribution is 2.20. The van der Waals surface area contributed by atoms with Crippen LogP contribution in [-0.2, 0) is 0 Å². The van der Waals surface area contributed by atoms with Crippen molar-refractivity contribution >= 4 is 23.2 Å². The fourth-order valence-electron chi connectivity index (χ4n) is 2.22. The molecule has 2 aromatic carbocycles. The average Bonchev–Trinajstić information content (AvgIpc) is 2.58. The van der Waals surface area contributed by atoms with Crippen molar-refractivity contribution in [2.24, 2.45) is 0 Å². The van der Waals surface area contributed by atoms with Gasteiger partial charge in [-0.2, -0.15) is 0 Å². The number of rotatable bonds is 3. The van der Waals surface area contributed by atoms with E-state index in [4.69, 9.17) is 11.6 Å². The summed E-state index contributed by atoms with van der Waals surface area (Å²) < 4.78 is 26.1. The van der Waals surface area contributed by atoms with E-state index in [2.05, 4.69) is 10.3 Å². The van der Waals surface area contributed by atoms with Crippen LogP contribution < -0.4 is 10.9 Å². The third-order valence-corrected chi connectivity index (χ3v) is 3.78. The zero-order valence-corrected chi connectivity index (χ0v) is 13.4. The van der Waals surface area contributed by atoms with E-state index in [1.165, 1.54) is 42.5 Å². The van der Waals surface area contributed by atoms with E-state index in [0.29, 0.717) is 11.3 Å². The van der Waals surface area contributed by atoms with E-state index in [0.717, 1.165) is 6.07 Å². The Morgan fingerprint density at radius 3 is 2.36 bits per heavy atom. The lowest BCUT2D eigenvalue weighted by molar-refractivity contribution is 0.102. The topological polar surface area (TPSA) is 62.0 Å². The molecule has 0 saturated heterocycles. The van der Waals surface area contributed by atoms with Gasteiger partial charge in [0.2, 0.25) is 0 Å². The molecule has 0 fully saturated rings. The Labute approximate surface area is 146 Å². The summed E-state index contributed by atoms with van der Waals surface area (Å²) in [4.78, 5) is 26.9. The van der Waals surface area contributed by atoms with Crippen molar-refractivity contribution in [1.82, 2.24) is 4.98 Å². The lowest BCUT2D eigenvalue weighted by Gasteiger charge is -2.07. The second-order valence-corrected chi connectivity index (χ2v) is 5.61. The van der Waals surface area contributed by atoms with Gasteiger partial charge >= 0.3 is 0 Å². The Morgan fingerprint density at radius 2 is 1.72 bits per heavy atom. The summed E-state index contributed by atoms with van der Waals surface area (Å²) in [5.41, 5.74) is 0.597. The molecule has 0 spiro atoms. The van der Waals surface area contributed by atoms with Crippen LogP contribution in [0, 0.1) is 11.6 Å². The summed E-state index contributed by atoms with van der Waals surface area (Å²) in [5, 5.41) is 2.33. The Hall–Kier alpha value is -2.99. The minimum atomic E-state index is -0.658. The number of carbonyl (C=O) groups is 1. The van der Waals surface area contributed by atoms with Crippen molar-refractivity contribution in [1.29, 1.82) is 0 Å². The van der Waals surface area contributed by atoms with Crippen molar-refractivity contribution in [3.05, 3.63) is 87.2 Å². The first kappa shape index (κ1) is 16.9. The molecule has 25 heavy (non-hydrogen) atoms. The minimum absolute atomic E-state index is 0.119. The molecular formula is C18H11ClF2N2O2. The Bertz CT molecular complexity index is 1000. The molecule has 126 valence electrons. The van der Waals surface area contributed by atoms with Gasteiger partial charge < -0.3 is 10.3 Å². The summed E-state index contributed by atoms with van der Waals surface area (Å²) in [6, 6.07) is 12.2. The molecule has 0 bridgehead atoms. The normalized spacial score (nSPS) is 10.5. The van der Waals surface area contributed by atoms with Crippen LogP contribution in [0.2, 0.25) is 5.02 Å². The second kappa shape index (κ2) is 6.86. The van der Waals surface area contributed by atoms with E-state index in [1.807, 2.05) is 0 Å². The number of aromatic nitrogens is 1. The molecule has 0 unspecified atom stereocenters. The van der Waals surface area contributed by atoms with Gasteiger partial charge in [0.15, 0.2) is 0 Å². The first-order valence-corrected chi connectivity index (χ1v) is 7.57. The van der Waals surface area contributed by atoms with E-state index in [-0.39, 0.29) is 22.1 Å². The molecule has 0 aliphatic rings. The van der Waals surface area contributed by atoms with E-state index in [9.17, 15) is 18.4 Å². The summed E-state index contributed by atoms with van der Waals surface area (Å²) in [5.74, 6) is -1.66. The zero-order chi connectivity index (χ0) is 18.0. The van der Waals surface area contributed by atoms with Gasteiger partial charge in [0.25, 0.3) is 11.5 Å². The molecule has 0 radical (unpaired) electrons. The highest BCUT2D eigenvalue weighted by atomic mass is 35.5. The molecule has 7 heteroatoms. The zero-order valence-electron chi connectivity index (χ0n) is 12.6. The van der Waals surface area contributed by atoms with Gasteiger partial charge in [-0.3, -0.25) is 9.59 Å². The molecule has 1 amide bonds. The van der Waals surface area contributed by atoms with Gasteiger partial charge in [-0.25, -0.2) is 8.78 Å². The molecule has 3 rings (SSSR count). The second-order valence-electron chi connectivity index (χ2n) is 5.20. The van der Waals surface area contributed by atoms with Gasteiger partial charge in [0.1, 0.15) is 17.2 Å². The number of H-pyrrole nitrogens is 1. The number of hydrogen-bond acceptors (Lipinski definition) is 2. The fraction of sp³-hybridized carbons (Fsp3) is 0. The molecular weight excluding hydrogens is 350 g/mol. The number of anilines is 1. The number of aromatic amines is 1. The molecule has 0 aliphatic carbocycles. The Kier molecular flexibility index (Phi) is 4.63. The van der Waals surface area contributed by atoms with Gasteiger partial charge in [-0.15, -0.1) is 0 Å². The molecule has 0 atom stereocenters. The lowest BCUT2D eigenvalue weighted by atomic mass is 10.1. The highest BCUT2D eigenvalue weighted by molar-refractivity contribution is 6.31. The van der Waals surface area contributed by atoms with Gasteiger partial charge in [0.05, 0.1) is 5.02 Å². The maximum absolute atomic E-state index is 13.1. The van der Waals surface area contributed by atoms with Crippen molar-refractivity contribution in [2.45, 2.75) is 0 Å². The number of pyridine rings is 1. The SMILES string of the molecule is O=C(Nc1ccc(F)c(Cl)c1)c1ccc(-c2ccc(F)cc2)[nH]c1=O. The molecule has 0 aliphatic heterocycles. The maximum Gasteiger partial charge on any atom is 0.261 e. The van der Waals surface area contributed by atoms with Crippen LogP contribution >= 0.6 is 11.6 Å². The molecule has 4 nitrogen and oxygen atoms in total. The van der Waals surface area contributed by atoms with Crippen LogP contribution in [0.3, 0.4) is 0 Å². The Morgan fingerprint density at radius 1 is 1.00 bits per heavy atom. The molecule has 0 saturated carbocycles. The number of nitrogens with one attached hydrogen (secondary N) is 2. The fourth-order valence-corrected chi connectivity index (χ4v) is 2.40. The lowest BCUT2D eigenvalue weighted by Crippen LogP contribution is -2.23. The molecule has 2 N–H and O–H groups in total.